The van der Waals surface area contributed by atoms with Gasteiger partial charge in [0.25, 0.3) is 0 Å². The van der Waals surface area contributed by atoms with Crippen LogP contribution in [0.5, 0.6) is 0 Å². The van der Waals surface area contributed by atoms with Crippen LogP contribution >= 0.6 is 0 Å². The number of rotatable bonds is 5. The van der Waals surface area contributed by atoms with Gasteiger partial charge in [-0.3, -0.25) is 4.57 Å². The second-order valence-corrected chi connectivity index (χ2v) is 12.7. The minimum Gasteiger partial charge on any atom is -0.309 e. The van der Waals surface area contributed by atoms with E-state index in [4.69, 9.17) is 9.97 Å². The predicted octanol–water partition coefficient (Wildman–Crippen LogP) is 11.7. The predicted molar refractivity (Wildman–Crippen MR) is 207 cm³/mol. The Labute approximate surface area is 289 Å². The van der Waals surface area contributed by atoms with Gasteiger partial charge in [-0.15, -0.1) is 0 Å². The van der Waals surface area contributed by atoms with Crippen LogP contribution in [0.2, 0.25) is 0 Å². The van der Waals surface area contributed by atoms with Gasteiger partial charge in [0.15, 0.2) is 0 Å². The van der Waals surface area contributed by atoms with Crippen molar-refractivity contribution in [3.05, 3.63) is 182 Å². The fourth-order valence-electron chi connectivity index (χ4n) is 7.43. The first-order valence-electron chi connectivity index (χ1n) is 16.9. The molecule has 10 aromatic rings. The van der Waals surface area contributed by atoms with E-state index in [-0.39, 0.29) is 0 Å². The number of fused-ring (bicyclic) bond motifs is 6. The zero-order valence-electron chi connectivity index (χ0n) is 27.1. The van der Waals surface area contributed by atoms with Crippen molar-refractivity contribution in [1.82, 2.24) is 19.1 Å². The van der Waals surface area contributed by atoms with Gasteiger partial charge in [0.05, 0.1) is 22.1 Å². The van der Waals surface area contributed by atoms with E-state index in [1.165, 1.54) is 43.8 Å². The number of para-hydroxylation sites is 1. The molecule has 0 atom stereocenters. The number of nitrogens with zero attached hydrogens (tertiary/aromatic N) is 4. The van der Waals surface area contributed by atoms with Crippen molar-refractivity contribution in [2.75, 3.05) is 0 Å². The van der Waals surface area contributed by atoms with Crippen molar-refractivity contribution >= 4 is 43.6 Å². The molecule has 0 N–H and O–H groups in total. The smallest absolute Gasteiger partial charge is 0.234 e. The standard InChI is InChI=1S/C46H30N4/c1-4-12-31(13-5-1)34-20-23-37(24-21-34)49-42-19-11-10-18-38(42)40-27-41-39-25-22-35(32-14-6-2-7-15-32)26-43(39)50(45(41)28-44(40)49)46-47-29-36(30-48-46)33-16-8-3-9-17-33/h1-30H. The van der Waals surface area contributed by atoms with E-state index in [0.29, 0.717) is 5.95 Å². The molecular weight excluding hydrogens is 609 g/mol. The Hall–Kier alpha value is -6.78. The van der Waals surface area contributed by atoms with Crippen LogP contribution in [0.15, 0.2) is 182 Å². The Balaban J connectivity index is 1.24. The van der Waals surface area contributed by atoms with Crippen molar-refractivity contribution in [2.45, 2.75) is 0 Å². The number of benzene rings is 7. The van der Waals surface area contributed by atoms with Gasteiger partial charge in [-0.2, -0.15) is 0 Å². The lowest BCUT2D eigenvalue weighted by molar-refractivity contribution is 0.990. The molecule has 0 aliphatic heterocycles. The highest BCUT2D eigenvalue weighted by atomic mass is 15.2. The number of aromatic nitrogens is 4. The molecule has 0 aliphatic rings. The first kappa shape index (κ1) is 28.3. The van der Waals surface area contributed by atoms with Gasteiger partial charge < -0.3 is 4.57 Å². The lowest BCUT2D eigenvalue weighted by Gasteiger charge is -2.11. The van der Waals surface area contributed by atoms with Gasteiger partial charge in [0.1, 0.15) is 0 Å². The maximum atomic E-state index is 4.99. The van der Waals surface area contributed by atoms with Crippen LogP contribution in [-0.2, 0) is 0 Å². The fraction of sp³-hybridized carbons (Fsp3) is 0. The minimum atomic E-state index is 0.643. The quantitative estimate of drug-likeness (QED) is 0.188. The van der Waals surface area contributed by atoms with Gasteiger partial charge in [-0.1, -0.05) is 133 Å². The topological polar surface area (TPSA) is 35.6 Å². The molecule has 3 aromatic heterocycles. The third-order valence-electron chi connectivity index (χ3n) is 9.84. The summed E-state index contributed by atoms with van der Waals surface area (Å²) in [6.45, 7) is 0. The third kappa shape index (κ3) is 4.54. The fourth-order valence-corrected chi connectivity index (χ4v) is 7.43. The van der Waals surface area contributed by atoms with Crippen molar-refractivity contribution in [1.29, 1.82) is 0 Å². The van der Waals surface area contributed by atoms with E-state index in [9.17, 15) is 0 Å². The second kappa shape index (κ2) is 11.4. The average Bonchev–Trinajstić information content (AvgIpc) is 3.69. The summed E-state index contributed by atoms with van der Waals surface area (Å²) in [7, 11) is 0. The molecule has 10 rings (SSSR count). The Morgan fingerprint density at radius 2 is 0.780 bits per heavy atom. The Morgan fingerprint density at radius 3 is 1.44 bits per heavy atom. The minimum absolute atomic E-state index is 0.643. The molecule has 0 bridgehead atoms. The number of hydrogen-bond donors (Lipinski definition) is 0. The molecule has 3 heterocycles. The van der Waals surface area contributed by atoms with Crippen LogP contribution < -0.4 is 0 Å². The van der Waals surface area contributed by atoms with Crippen LogP contribution in [0.25, 0.3) is 88.6 Å². The van der Waals surface area contributed by atoms with Crippen LogP contribution in [-0.4, -0.2) is 19.1 Å². The van der Waals surface area contributed by atoms with Gasteiger partial charge in [-0.05, 0) is 64.2 Å². The first-order valence-corrected chi connectivity index (χ1v) is 16.9. The summed E-state index contributed by atoms with van der Waals surface area (Å²) in [5, 5.41) is 4.78. The summed E-state index contributed by atoms with van der Waals surface area (Å²) in [4.78, 5) is 9.97. The second-order valence-electron chi connectivity index (χ2n) is 12.7. The lowest BCUT2D eigenvalue weighted by atomic mass is 10.0. The van der Waals surface area contributed by atoms with Gasteiger partial charge in [0.2, 0.25) is 5.95 Å². The summed E-state index contributed by atoms with van der Waals surface area (Å²) in [6.07, 6.45) is 3.86. The van der Waals surface area contributed by atoms with Gasteiger partial charge in [0, 0.05) is 45.2 Å². The highest BCUT2D eigenvalue weighted by Crippen LogP contribution is 2.40. The zero-order valence-corrected chi connectivity index (χ0v) is 27.1. The summed E-state index contributed by atoms with van der Waals surface area (Å²) in [6, 6.07) is 60.4. The summed E-state index contributed by atoms with van der Waals surface area (Å²) < 4.78 is 4.61. The molecule has 0 amide bonds. The summed E-state index contributed by atoms with van der Waals surface area (Å²) >= 11 is 0. The molecule has 0 spiro atoms. The molecular formula is C46H30N4. The summed E-state index contributed by atoms with van der Waals surface area (Å²) in [5.74, 6) is 0.643. The largest absolute Gasteiger partial charge is 0.309 e. The van der Waals surface area contributed by atoms with Crippen molar-refractivity contribution in [2.24, 2.45) is 0 Å². The molecule has 0 unspecified atom stereocenters. The molecule has 234 valence electrons. The molecule has 0 saturated carbocycles. The van der Waals surface area contributed by atoms with Crippen LogP contribution in [0.3, 0.4) is 0 Å². The Bertz CT molecular complexity index is 2820. The van der Waals surface area contributed by atoms with E-state index in [1.807, 2.05) is 30.6 Å². The highest BCUT2D eigenvalue weighted by Gasteiger charge is 2.20. The molecule has 7 aromatic carbocycles. The van der Waals surface area contributed by atoms with Crippen LogP contribution in [0, 0.1) is 0 Å². The SMILES string of the molecule is c1ccc(-c2ccc(-n3c4ccccc4c4cc5c6ccc(-c7ccccc7)cc6n(-c6ncc(-c7ccccc7)cn6)c5cc43)cc2)cc1. The van der Waals surface area contributed by atoms with Gasteiger partial charge in [-0.25, -0.2) is 9.97 Å². The van der Waals surface area contributed by atoms with Gasteiger partial charge >= 0.3 is 0 Å². The van der Waals surface area contributed by atoms with Crippen molar-refractivity contribution in [3.63, 3.8) is 0 Å². The zero-order chi connectivity index (χ0) is 33.0. The lowest BCUT2D eigenvalue weighted by Crippen LogP contribution is -2.01. The van der Waals surface area contributed by atoms with E-state index in [0.717, 1.165) is 38.9 Å². The van der Waals surface area contributed by atoms with E-state index >= 15 is 0 Å². The van der Waals surface area contributed by atoms with Crippen LogP contribution in [0.4, 0.5) is 0 Å². The summed E-state index contributed by atoms with van der Waals surface area (Å²) in [5.41, 5.74) is 12.4. The molecule has 4 heteroatoms. The molecule has 4 nitrogen and oxygen atoms in total. The highest BCUT2D eigenvalue weighted by molar-refractivity contribution is 6.19. The Kier molecular flexibility index (Phi) is 6.46. The Morgan fingerprint density at radius 1 is 0.300 bits per heavy atom. The van der Waals surface area contributed by atoms with E-state index in [1.54, 1.807) is 0 Å². The van der Waals surface area contributed by atoms with E-state index in [2.05, 4.69) is 161 Å². The molecule has 50 heavy (non-hydrogen) atoms. The normalized spacial score (nSPS) is 11.6. The van der Waals surface area contributed by atoms with Crippen molar-refractivity contribution < 1.29 is 0 Å². The average molecular weight is 639 g/mol. The molecule has 0 aliphatic carbocycles. The maximum absolute atomic E-state index is 4.99. The number of hydrogen-bond acceptors (Lipinski definition) is 2. The monoisotopic (exact) mass is 638 g/mol. The van der Waals surface area contributed by atoms with Crippen LogP contribution in [0.1, 0.15) is 0 Å². The first-order chi connectivity index (χ1) is 24.8. The molecule has 0 saturated heterocycles. The molecule has 0 radical (unpaired) electrons. The van der Waals surface area contributed by atoms with E-state index < -0.39 is 0 Å². The third-order valence-corrected chi connectivity index (χ3v) is 9.84. The van der Waals surface area contributed by atoms with Crippen molar-refractivity contribution in [3.8, 4) is 45.0 Å². The maximum Gasteiger partial charge on any atom is 0.234 e. The molecule has 0 fully saturated rings.